The van der Waals surface area contributed by atoms with Crippen molar-refractivity contribution in [1.29, 1.82) is 0 Å². The smallest absolute Gasteiger partial charge is 0.167 e. The standard InChI is InChI=1S/C40H55N/c1-31(21-23-37-35(5)19-13-27-39(37,7)8)15-11-17-33(3)25-29-41-30-26-34(4)18-12-16-32(2)22-24-38-36(6)20-14-28-40(38,9)10/h11-12,15-18,21-26,29-30H,3,13-14,19-20,27-28H2,1-2,4-10H3/p+1/b17-11+,18-12+,23-21+,24-22+,29-25-,31-15+,32-16+,34-26+,41-30+. The molecule has 41 heavy (non-hydrogen) atoms. The second kappa shape index (κ2) is 16.3. The van der Waals surface area contributed by atoms with Gasteiger partial charge in [0.15, 0.2) is 12.4 Å². The fraction of sp³-hybridized carbons (Fsp3) is 0.425. The summed E-state index contributed by atoms with van der Waals surface area (Å²) in [5, 5.41) is 0. The molecule has 0 radical (unpaired) electrons. The van der Waals surface area contributed by atoms with Gasteiger partial charge in [0, 0.05) is 12.2 Å². The van der Waals surface area contributed by atoms with Crippen molar-refractivity contribution in [1.82, 2.24) is 0 Å². The zero-order valence-electron chi connectivity index (χ0n) is 27.5. The molecule has 220 valence electrons. The zero-order chi connectivity index (χ0) is 30.5. The van der Waals surface area contributed by atoms with E-state index in [4.69, 9.17) is 0 Å². The summed E-state index contributed by atoms with van der Waals surface area (Å²) < 4.78 is 0. The molecule has 2 aliphatic rings. The second-order valence-electron chi connectivity index (χ2n) is 13.2. The van der Waals surface area contributed by atoms with E-state index in [1.807, 2.05) is 24.6 Å². The quantitative estimate of drug-likeness (QED) is 0.194. The first-order valence-corrected chi connectivity index (χ1v) is 15.4. The van der Waals surface area contributed by atoms with Crippen molar-refractivity contribution in [2.45, 2.75) is 101 Å². The van der Waals surface area contributed by atoms with Crippen LogP contribution in [0, 0.1) is 10.8 Å². The van der Waals surface area contributed by atoms with Crippen LogP contribution in [0.25, 0.3) is 0 Å². The van der Waals surface area contributed by atoms with Crippen LogP contribution in [0.15, 0.2) is 130 Å². The lowest BCUT2D eigenvalue weighted by atomic mass is 9.72. The van der Waals surface area contributed by atoms with Crippen LogP contribution >= 0.6 is 0 Å². The molecule has 0 saturated carbocycles. The molecule has 0 saturated heterocycles. The molecular weight excluding hydrogens is 494 g/mol. The third-order valence-corrected chi connectivity index (χ3v) is 8.33. The normalized spacial score (nSPS) is 21.3. The molecule has 0 aromatic rings. The van der Waals surface area contributed by atoms with Crippen LogP contribution in [0.3, 0.4) is 0 Å². The van der Waals surface area contributed by atoms with Crippen LogP contribution in [0.5, 0.6) is 0 Å². The number of hydrogen-bond donors (Lipinski definition) is 1. The van der Waals surface area contributed by atoms with Gasteiger partial charge in [-0.05, 0) is 106 Å². The van der Waals surface area contributed by atoms with Gasteiger partial charge in [-0.1, -0.05) is 117 Å². The highest BCUT2D eigenvalue weighted by Crippen LogP contribution is 2.41. The van der Waals surface area contributed by atoms with E-state index in [2.05, 4.69) is 135 Å². The van der Waals surface area contributed by atoms with E-state index >= 15 is 0 Å². The average molecular weight is 551 g/mol. The molecule has 0 aliphatic heterocycles. The molecule has 0 aromatic carbocycles. The van der Waals surface area contributed by atoms with Gasteiger partial charge in [-0.15, -0.1) is 0 Å². The summed E-state index contributed by atoms with van der Waals surface area (Å²) in [6, 6.07) is 0. The average Bonchev–Trinajstić information content (AvgIpc) is 2.87. The molecule has 0 bridgehead atoms. The Morgan fingerprint density at radius 2 is 1.12 bits per heavy atom. The van der Waals surface area contributed by atoms with Crippen molar-refractivity contribution < 1.29 is 4.99 Å². The fourth-order valence-electron chi connectivity index (χ4n) is 5.74. The van der Waals surface area contributed by atoms with Gasteiger partial charge < -0.3 is 0 Å². The van der Waals surface area contributed by atoms with Crippen molar-refractivity contribution in [3.8, 4) is 0 Å². The monoisotopic (exact) mass is 550 g/mol. The highest BCUT2D eigenvalue weighted by atomic mass is 14.7. The number of hydrogen-bond acceptors (Lipinski definition) is 0. The second-order valence-corrected chi connectivity index (χ2v) is 13.2. The summed E-state index contributed by atoms with van der Waals surface area (Å²) in [5.41, 5.74) is 11.3. The van der Waals surface area contributed by atoms with Crippen LogP contribution in [0.4, 0.5) is 0 Å². The lowest BCUT2D eigenvalue weighted by molar-refractivity contribution is -0.365. The topological polar surface area (TPSA) is 14.0 Å². The molecule has 0 fully saturated rings. The minimum Gasteiger partial charge on any atom is -0.218 e. The summed E-state index contributed by atoms with van der Waals surface area (Å²) in [6.45, 7) is 24.6. The lowest BCUT2D eigenvalue weighted by Gasteiger charge is -2.33. The predicted molar refractivity (Wildman–Crippen MR) is 184 cm³/mol. The molecule has 1 N–H and O–H groups in total. The van der Waals surface area contributed by atoms with Gasteiger partial charge in [-0.3, -0.25) is 0 Å². The Kier molecular flexibility index (Phi) is 13.5. The van der Waals surface area contributed by atoms with E-state index in [1.165, 1.54) is 72.0 Å². The van der Waals surface area contributed by atoms with Gasteiger partial charge in [0.25, 0.3) is 0 Å². The molecule has 0 aromatic heterocycles. The molecule has 0 spiro atoms. The zero-order valence-corrected chi connectivity index (χ0v) is 27.5. The van der Waals surface area contributed by atoms with Crippen LogP contribution in [-0.2, 0) is 0 Å². The van der Waals surface area contributed by atoms with Gasteiger partial charge in [0.05, 0.1) is 0 Å². The molecule has 2 aliphatic carbocycles. The van der Waals surface area contributed by atoms with Crippen molar-refractivity contribution >= 4 is 6.21 Å². The van der Waals surface area contributed by atoms with Gasteiger partial charge in [0.2, 0.25) is 0 Å². The van der Waals surface area contributed by atoms with E-state index in [9.17, 15) is 0 Å². The van der Waals surface area contributed by atoms with Crippen molar-refractivity contribution in [3.05, 3.63) is 130 Å². The van der Waals surface area contributed by atoms with Crippen LogP contribution < -0.4 is 4.99 Å². The Morgan fingerprint density at radius 3 is 1.61 bits per heavy atom. The molecule has 0 heterocycles. The predicted octanol–water partition coefficient (Wildman–Crippen LogP) is 10.3. The molecule has 1 nitrogen and oxygen atoms in total. The van der Waals surface area contributed by atoms with Crippen molar-refractivity contribution in [3.63, 3.8) is 0 Å². The third kappa shape index (κ3) is 12.1. The summed E-state index contributed by atoms with van der Waals surface area (Å²) in [6.07, 6.45) is 37.3. The molecule has 0 unspecified atom stereocenters. The highest BCUT2D eigenvalue weighted by Gasteiger charge is 2.27. The number of rotatable bonds is 11. The SMILES string of the molecule is C=C(\C=C/[NH+]=C/C=C(C)/C=C/C=C(C)/C=C/C1=C(C)CCCC1(C)C)/C=C/C=C(C)/C=C/C1=C(C)CCCC1(C)C. The Bertz CT molecular complexity index is 1270. The lowest BCUT2D eigenvalue weighted by Crippen LogP contribution is -2.60. The Balaban J connectivity index is 1.84. The van der Waals surface area contributed by atoms with Crippen LogP contribution in [0.2, 0.25) is 0 Å². The Hall–Kier alpha value is -3.19. The van der Waals surface area contributed by atoms with Crippen LogP contribution in [-0.4, -0.2) is 6.21 Å². The first-order chi connectivity index (χ1) is 19.3. The van der Waals surface area contributed by atoms with Gasteiger partial charge in [-0.25, -0.2) is 4.99 Å². The molecule has 1 heteroatoms. The van der Waals surface area contributed by atoms with E-state index in [0.29, 0.717) is 0 Å². The Labute approximate surface area is 252 Å². The molecule has 2 rings (SSSR count). The van der Waals surface area contributed by atoms with E-state index in [-0.39, 0.29) is 10.8 Å². The summed E-state index contributed by atoms with van der Waals surface area (Å²) in [4.78, 5) is 3.21. The summed E-state index contributed by atoms with van der Waals surface area (Å²) in [5.74, 6) is 0. The van der Waals surface area contributed by atoms with Crippen molar-refractivity contribution in [2.24, 2.45) is 10.8 Å². The van der Waals surface area contributed by atoms with E-state index in [0.717, 1.165) is 5.57 Å². The van der Waals surface area contributed by atoms with Gasteiger partial charge >= 0.3 is 0 Å². The van der Waals surface area contributed by atoms with Crippen molar-refractivity contribution in [2.75, 3.05) is 0 Å². The maximum Gasteiger partial charge on any atom is 0.167 e. The number of nitrogens with one attached hydrogen (secondary N) is 1. The largest absolute Gasteiger partial charge is 0.218 e. The van der Waals surface area contributed by atoms with Gasteiger partial charge in [-0.2, -0.15) is 0 Å². The molecule has 0 atom stereocenters. The van der Waals surface area contributed by atoms with E-state index in [1.54, 1.807) is 5.57 Å². The summed E-state index contributed by atoms with van der Waals surface area (Å²) >= 11 is 0. The third-order valence-electron chi connectivity index (χ3n) is 8.33. The fourth-order valence-corrected chi connectivity index (χ4v) is 5.74. The first kappa shape index (κ1) is 34.0. The van der Waals surface area contributed by atoms with E-state index < -0.39 is 0 Å². The highest BCUT2D eigenvalue weighted by molar-refractivity contribution is 5.67. The maximum absolute atomic E-state index is 4.12. The maximum atomic E-state index is 4.12. The Morgan fingerprint density at radius 1 is 0.659 bits per heavy atom. The minimum absolute atomic E-state index is 0.277. The van der Waals surface area contributed by atoms with Crippen LogP contribution in [0.1, 0.15) is 101 Å². The number of allylic oxidation sites excluding steroid dienone is 20. The minimum atomic E-state index is 0.277. The first-order valence-electron chi connectivity index (χ1n) is 15.4. The van der Waals surface area contributed by atoms with Gasteiger partial charge in [0.1, 0.15) is 0 Å². The molecule has 0 amide bonds. The molecular formula is C40H56N+. The summed E-state index contributed by atoms with van der Waals surface area (Å²) in [7, 11) is 0.